The fourth-order valence-corrected chi connectivity index (χ4v) is 2.44. The van der Waals surface area contributed by atoms with Gasteiger partial charge in [-0.2, -0.15) is 0 Å². The third-order valence-corrected chi connectivity index (χ3v) is 3.82. The molecule has 5 nitrogen and oxygen atoms in total. The number of rotatable bonds is 4. The lowest BCUT2D eigenvalue weighted by atomic mass is 9.96. The molecule has 1 aliphatic rings. The molecule has 0 spiro atoms. The predicted octanol–water partition coefficient (Wildman–Crippen LogP) is 0.787. The number of carbonyl (C=O) groups excluding carboxylic acids is 1. The molecule has 1 amide bonds. The van der Waals surface area contributed by atoms with E-state index in [1.54, 1.807) is 0 Å². The SMILES string of the molecule is CC1CCN(CC(=O)Nc2cccc(CN)c2)CC1O. The van der Waals surface area contributed by atoms with E-state index in [1.807, 2.05) is 36.1 Å². The van der Waals surface area contributed by atoms with Crippen LogP contribution in [0.2, 0.25) is 0 Å². The number of piperidine rings is 1. The first-order chi connectivity index (χ1) is 9.58. The van der Waals surface area contributed by atoms with Gasteiger partial charge in [-0.15, -0.1) is 0 Å². The molecule has 0 bridgehead atoms. The molecule has 20 heavy (non-hydrogen) atoms. The van der Waals surface area contributed by atoms with E-state index in [1.165, 1.54) is 0 Å². The normalized spacial score (nSPS) is 23.6. The van der Waals surface area contributed by atoms with Gasteiger partial charge < -0.3 is 16.2 Å². The monoisotopic (exact) mass is 277 g/mol. The highest BCUT2D eigenvalue weighted by Crippen LogP contribution is 2.17. The summed E-state index contributed by atoms with van der Waals surface area (Å²) in [5.41, 5.74) is 7.34. The van der Waals surface area contributed by atoms with Gasteiger partial charge in [0.25, 0.3) is 0 Å². The quantitative estimate of drug-likeness (QED) is 0.760. The van der Waals surface area contributed by atoms with Crippen molar-refractivity contribution in [1.29, 1.82) is 0 Å². The summed E-state index contributed by atoms with van der Waals surface area (Å²) in [5.74, 6) is 0.261. The second-order valence-corrected chi connectivity index (χ2v) is 5.52. The fraction of sp³-hybridized carbons (Fsp3) is 0.533. The highest BCUT2D eigenvalue weighted by Gasteiger charge is 2.25. The molecule has 0 radical (unpaired) electrons. The number of aliphatic hydroxyl groups excluding tert-OH is 1. The number of hydrogen-bond acceptors (Lipinski definition) is 4. The van der Waals surface area contributed by atoms with Crippen molar-refractivity contribution in [3.63, 3.8) is 0 Å². The van der Waals surface area contributed by atoms with Gasteiger partial charge in [0.1, 0.15) is 0 Å². The van der Waals surface area contributed by atoms with Gasteiger partial charge in [-0.05, 0) is 36.6 Å². The van der Waals surface area contributed by atoms with Crippen LogP contribution in [0.15, 0.2) is 24.3 Å². The second-order valence-electron chi connectivity index (χ2n) is 5.52. The van der Waals surface area contributed by atoms with Crippen LogP contribution in [0.3, 0.4) is 0 Å². The van der Waals surface area contributed by atoms with Crippen molar-refractivity contribution in [2.75, 3.05) is 25.0 Å². The number of carbonyl (C=O) groups is 1. The minimum absolute atomic E-state index is 0.0547. The second kappa shape index (κ2) is 6.83. The highest BCUT2D eigenvalue weighted by atomic mass is 16.3. The van der Waals surface area contributed by atoms with Crippen molar-refractivity contribution in [3.8, 4) is 0 Å². The smallest absolute Gasteiger partial charge is 0.238 e. The fourth-order valence-electron chi connectivity index (χ4n) is 2.44. The molecule has 4 N–H and O–H groups in total. The Bertz CT molecular complexity index is 464. The Morgan fingerprint density at radius 3 is 3.05 bits per heavy atom. The Hall–Kier alpha value is -1.43. The number of β-amino-alcohol motifs (C(OH)–C–C–N with tert-alkyl or cyclic N) is 1. The minimum Gasteiger partial charge on any atom is -0.392 e. The Kier molecular flexibility index (Phi) is 5.11. The minimum atomic E-state index is -0.336. The molecule has 2 rings (SSSR count). The zero-order chi connectivity index (χ0) is 14.5. The van der Waals surface area contributed by atoms with E-state index in [9.17, 15) is 9.90 Å². The summed E-state index contributed by atoms with van der Waals surface area (Å²) in [5, 5.41) is 12.7. The molecule has 5 heteroatoms. The van der Waals surface area contributed by atoms with E-state index in [0.717, 1.165) is 24.2 Å². The largest absolute Gasteiger partial charge is 0.392 e. The molecule has 1 aromatic carbocycles. The number of nitrogens with one attached hydrogen (secondary N) is 1. The van der Waals surface area contributed by atoms with E-state index >= 15 is 0 Å². The van der Waals surface area contributed by atoms with E-state index in [2.05, 4.69) is 5.32 Å². The number of likely N-dealkylation sites (tertiary alicyclic amines) is 1. The molecule has 0 saturated carbocycles. The van der Waals surface area contributed by atoms with Crippen molar-refractivity contribution in [3.05, 3.63) is 29.8 Å². The molecule has 0 aromatic heterocycles. The van der Waals surface area contributed by atoms with Gasteiger partial charge in [0.15, 0.2) is 0 Å². The van der Waals surface area contributed by atoms with Crippen molar-refractivity contribution in [1.82, 2.24) is 4.90 Å². The Morgan fingerprint density at radius 2 is 2.35 bits per heavy atom. The summed E-state index contributed by atoms with van der Waals surface area (Å²) in [6.07, 6.45) is 0.592. The molecule has 0 aliphatic carbocycles. The predicted molar refractivity (Wildman–Crippen MR) is 79.2 cm³/mol. The van der Waals surface area contributed by atoms with Crippen molar-refractivity contribution in [2.45, 2.75) is 26.0 Å². The number of hydrogen-bond donors (Lipinski definition) is 3. The van der Waals surface area contributed by atoms with Crippen molar-refractivity contribution in [2.24, 2.45) is 11.7 Å². The molecule has 2 unspecified atom stereocenters. The van der Waals surface area contributed by atoms with Gasteiger partial charge in [0, 0.05) is 18.8 Å². The number of amides is 1. The van der Waals surface area contributed by atoms with Crippen LogP contribution in [-0.2, 0) is 11.3 Å². The van der Waals surface area contributed by atoms with Gasteiger partial charge in [-0.1, -0.05) is 19.1 Å². The molecule has 1 aliphatic heterocycles. The van der Waals surface area contributed by atoms with E-state index in [-0.39, 0.29) is 12.0 Å². The molecule has 1 saturated heterocycles. The number of nitrogens with two attached hydrogens (primary N) is 1. The third-order valence-electron chi connectivity index (χ3n) is 3.82. The van der Waals surface area contributed by atoms with Crippen LogP contribution in [0.5, 0.6) is 0 Å². The maximum Gasteiger partial charge on any atom is 0.238 e. The highest BCUT2D eigenvalue weighted by molar-refractivity contribution is 5.92. The zero-order valence-corrected chi connectivity index (χ0v) is 11.9. The summed E-state index contributed by atoms with van der Waals surface area (Å²) < 4.78 is 0. The van der Waals surface area contributed by atoms with Crippen LogP contribution < -0.4 is 11.1 Å². The lowest BCUT2D eigenvalue weighted by molar-refractivity contribution is -0.118. The lowest BCUT2D eigenvalue weighted by Crippen LogP contribution is -2.45. The summed E-state index contributed by atoms with van der Waals surface area (Å²) in [7, 11) is 0. The molecule has 1 fully saturated rings. The lowest BCUT2D eigenvalue weighted by Gasteiger charge is -2.33. The first-order valence-corrected chi connectivity index (χ1v) is 7.07. The van der Waals surface area contributed by atoms with Gasteiger partial charge in [0.2, 0.25) is 5.91 Å². The summed E-state index contributed by atoms with van der Waals surface area (Å²) >= 11 is 0. The Labute approximate surface area is 119 Å². The standard InChI is InChI=1S/C15H23N3O2/c1-11-5-6-18(9-14(11)19)10-15(20)17-13-4-2-3-12(7-13)8-16/h2-4,7,11,14,19H,5-6,8-10,16H2,1H3,(H,17,20). The number of anilines is 1. The topological polar surface area (TPSA) is 78.6 Å². The van der Waals surface area contributed by atoms with Crippen LogP contribution in [0.25, 0.3) is 0 Å². The molecular formula is C15H23N3O2. The Balaban J connectivity index is 1.86. The van der Waals surface area contributed by atoms with E-state index in [0.29, 0.717) is 25.6 Å². The number of aliphatic hydroxyl groups is 1. The maximum atomic E-state index is 12.0. The van der Waals surface area contributed by atoms with Gasteiger partial charge in [0.05, 0.1) is 12.6 Å². The van der Waals surface area contributed by atoms with Gasteiger partial charge in [-0.25, -0.2) is 0 Å². The average molecular weight is 277 g/mol. The van der Waals surface area contributed by atoms with Crippen molar-refractivity contribution < 1.29 is 9.90 Å². The first-order valence-electron chi connectivity index (χ1n) is 7.07. The zero-order valence-electron chi connectivity index (χ0n) is 11.9. The van der Waals surface area contributed by atoms with E-state index in [4.69, 9.17) is 5.73 Å². The molecular weight excluding hydrogens is 254 g/mol. The molecule has 2 atom stereocenters. The molecule has 1 heterocycles. The van der Waals surface area contributed by atoms with E-state index < -0.39 is 0 Å². The van der Waals surface area contributed by atoms with Crippen LogP contribution in [-0.4, -0.2) is 41.7 Å². The van der Waals surface area contributed by atoms with Crippen LogP contribution in [0.4, 0.5) is 5.69 Å². The molecule has 110 valence electrons. The summed E-state index contributed by atoms with van der Waals surface area (Å²) in [6.45, 7) is 4.24. The number of nitrogens with zero attached hydrogens (tertiary/aromatic N) is 1. The van der Waals surface area contributed by atoms with Gasteiger partial charge >= 0.3 is 0 Å². The maximum absolute atomic E-state index is 12.0. The first kappa shape index (κ1) is 15.0. The summed E-state index contributed by atoms with van der Waals surface area (Å²) in [6, 6.07) is 7.54. The van der Waals surface area contributed by atoms with Crippen LogP contribution in [0, 0.1) is 5.92 Å². The third kappa shape index (κ3) is 4.03. The van der Waals surface area contributed by atoms with Crippen molar-refractivity contribution >= 4 is 11.6 Å². The summed E-state index contributed by atoms with van der Waals surface area (Å²) in [4.78, 5) is 14.0. The number of benzene rings is 1. The van der Waals surface area contributed by atoms with Crippen LogP contribution in [0.1, 0.15) is 18.9 Å². The Morgan fingerprint density at radius 1 is 1.55 bits per heavy atom. The molecule has 1 aromatic rings. The van der Waals surface area contributed by atoms with Gasteiger partial charge in [-0.3, -0.25) is 9.69 Å². The van der Waals surface area contributed by atoms with Crippen LogP contribution >= 0.6 is 0 Å². The average Bonchev–Trinajstić information content (AvgIpc) is 2.43.